The summed E-state index contributed by atoms with van der Waals surface area (Å²) in [6, 6.07) is 13.1. The Morgan fingerprint density at radius 2 is 2.07 bits per heavy atom. The number of ether oxygens (including phenoxy) is 1. The van der Waals surface area contributed by atoms with Gasteiger partial charge in [0.05, 0.1) is 19.3 Å². The third-order valence-electron chi connectivity index (χ3n) is 5.29. The number of carbonyl (C=O) groups is 2. The van der Waals surface area contributed by atoms with E-state index < -0.39 is 4.87 Å². The van der Waals surface area contributed by atoms with Crippen LogP contribution in [0.5, 0.6) is 5.75 Å². The van der Waals surface area contributed by atoms with E-state index in [-0.39, 0.29) is 11.8 Å². The summed E-state index contributed by atoms with van der Waals surface area (Å²) in [5, 5.41) is 0.617. The summed E-state index contributed by atoms with van der Waals surface area (Å²) >= 11 is 7.87. The number of hydrogen-bond acceptors (Lipinski definition) is 4. The van der Waals surface area contributed by atoms with E-state index in [4.69, 9.17) is 16.3 Å². The molecular weight excluding hydrogens is 396 g/mol. The highest BCUT2D eigenvalue weighted by Gasteiger charge is 2.59. The van der Waals surface area contributed by atoms with Crippen LogP contribution in [0.2, 0.25) is 5.02 Å². The van der Waals surface area contributed by atoms with Crippen molar-refractivity contribution in [2.45, 2.75) is 24.8 Å². The lowest BCUT2D eigenvalue weighted by Gasteiger charge is -2.33. The van der Waals surface area contributed by atoms with Crippen LogP contribution >= 0.6 is 23.4 Å². The van der Waals surface area contributed by atoms with Crippen molar-refractivity contribution in [3.8, 4) is 5.75 Å². The fraction of sp³-hybridized carbons (Fsp3) is 0.333. The van der Waals surface area contributed by atoms with Crippen LogP contribution < -0.4 is 9.64 Å². The maximum atomic E-state index is 13.8. The van der Waals surface area contributed by atoms with Crippen LogP contribution in [0.15, 0.2) is 42.5 Å². The maximum Gasteiger partial charge on any atom is 0.268 e. The molecule has 2 aromatic carbocycles. The molecule has 0 aliphatic carbocycles. The molecule has 1 atom stereocenters. The zero-order valence-electron chi connectivity index (χ0n) is 15.8. The lowest BCUT2D eigenvalue weighted by atomic mass is 10.0. The van der Waals surface area contributed by atoms with Gasteiger partial charge in [0.1, 0.15) is 5.75 Å². The van der Waals surface area contributed by atoms with Crippen LogP contribution in [0.25, 0.3) is 0 Å². The molecule has 0 radical (unpaired) electrons. The van der Waals surface area contributed by atoms with Crippen molar-refractivity contribution >= 4 is 40.9 Å². The quantitative estimate of drug-likeness (QED) is 0.754. The number of carbonyl (C=O) groups excluding carboxylic acids is 2. The Kier molecular flexibility index (Phi) is 5.02. The second-order valence-electron chi connectivity index (χ2n) is 6.76. The minimum atomic E-state index is -1.03. The zero-order chi connectivity index (χ0) is 19.9. The minimum Gasteiger partial charge on any atom is -0.497 e. The lowest BCUT2D eigenvalue weighted by molar-refractivity contribution is -0.139. The number of rotatable bonds is 4. The summed E-state index contributed by atoms with van der Waals surface area (Å²) in [6.07, 6.45) is 0.361. The number of halogens is 1. The summed E-state index contributed by atoms with van der Waals surface area (Å²) in [5.74, 6) is 1.27. The van der Waals surface area contributed by atoms with E-state index in [0.29, 0.717) is 36.0 Å². The smallest absolute Gasteiger partial charge is 0.268 e. The molecule has 146 valence electrons. The SMILES string of the molecule is CCC(=O)N1CCS[C@]12C(=O)N(Cc1ccccc1Cl)c1ccc(OC)cc12. The Bertz CT molecular complexity index is 951. The van der Waals surface area contributed by atoms with Crippen molar-refractivity contribution in [2.75, 3.05) is 24.3 Å². The Labute approximate surface area is 173 Å². The van der Waals surface area contributed by atoms with Crippen molar-refractivity contribution in [1.82, 2.24) is 4.90 Å². The highest BCUT2D eigenvalue weighted by molar-refractivity contribution is 8.01. The number of benzene rings is 2. The standard InChI is InChI=1S/C21H21ClN2O3S/c1-3-19(25)24-10-11-28-21(24)16-12-15(27-2)8-9-18(16)23(20(21)26)13-14-6-4-5-7-17(14)22/h4-9,12H,3,10-11,13H2,1-2H3/t21-/m1/s1. The summed E-state index contributed by atoms with van der Waals surface area (Å²) < 4.78 is 5.41. The van der Waals surface area contributed by atoms with E-state index in [2.05, 4.69) is 0 Å². The average Bonchev–Trinajstić information content (AvgIpc) is 3.26. The number of amides is 2. The van der Waals surface area contributed by atoms with Gasteiger partial charge in [-0.15, -0.1) is 11.8 Å². The summed E-state index contributed by atoms with van der Waals surface area (Å²) in [5.41, 5.74) is 2.48. The number of nitrogens with zero attached hydrogens (tertiary/aromatic N) is 2. The Morgan fingerprint density at radius 3 is 2.79 bits per heavy atom. The van der Waals surface area contributed by atoms with Crippen LogP contribution in [0.3, 0.4) is 0 Å². The van der Waals surface area contributed by atoms with Gasteiger partial charge in [-0.1, -0.05) is 36.7 Å². The van der Waals surface area contributed by atoms with Gasteiger partial charge < -0.3 is 14.5 Å². The minimum absolute atomic E-state index is 0.0216. The van der Waals surface area contributed by atoms with Gasteiger partial charge in [0.25, 0.3) is 5.91 Å². The molecule has 2 amide bonds. The van der Waals surface area contributed by atoms with Gasteiger partial charge >= 0.3 is 0 Å². The topological polar surface area (TPSA) is 49.9 Å². The molecule has 0 unspecified atom stereocenters. The Morgan fingerprint density at radius 1 is 1.29 bits per heavy atom. The van der Waals surface area contributed by atoms with Gasteiger partial charge in [-0.05, 0) is 29.8 Å². The molecule has 7 heteroatoms. The zero-order valence-corrected chi connectivity index (χ0v) is 17.3. The normalized spacial score (nSPS) is 20.8. The third-order valence-corrected chi connectivity index (χ3v) is 7.08. The molecule has 4 rings (SSSR count). The fourth-order valence-corrected chi connectivity index (χ4v) is 5.59. The molecule has 2 aromatic rings. The second kappa shape index (κ2) is 7.33. The highest BCUT2D eigenvalue weighted by atomic mass is 35.5. The van der Waals surface area contributed by atoms with Crippen molar-refractivity contribution < 1.29 is 14.3 Å². The van der Waals surface area contributed by atoms with Gasteiger partial charge in [-0.3, -0.25) is 9.59 Å². The third kappa shape index (κ3) is 2.78. The Hall–Kier alpha value is -2.18. The summed E-state index contributed by atoms with van der Waals surface area (Å²) in [4.78, 5) is 28.9. The molecule has 0 aromatic heterocycles. The number of methoxy groups -OCH3 is 1. The summed E-state index contributed by atoms with van der Waals surface area (Å²) in [7, 11) is 1.60. The van der Waals surface area contributed by atoms with Gasteiger partial charge in [-0.2, -0.15) is 0 Å². The van der Waals surface area contributed by atoms with Crippen LogP contribution in [-0.2, 0) is 21.0 Å². The highest BCUT2D eigenvalue weighted by Crippen LogP contribution is 2.55. The predicted molar refractivity (Wildman–Crippen MR) is 112 cm³/mol. The molecular formula is C21H21ClN2O3S. The average molecular weight is 417 g/mol. The van der Waals surface area contributed by atoms with Crippen LogP contribution in [0, 0.1) is 0 Å². The first-order valence-electron chi connectivity index (χ1n) is 9.21. The van der Waals surface area contributed by atoms with Crippen LogP contribution in [-0.4, -0.2) is 36.1 Å². The first-order valence-corrected chi connectivity index (χ1v) is 10.6. The van der Waals surface area contributed by atoms with Crippen molar-refractivity contribution in [2.24, 2.45) is 0 Å². The van der Waals surface area contributed by atoms with Crippen LogP contribution in [0.4, 0.5) is 5.69 Å². The van der Waals surface area contributed by atoms with E-state index >= 15 is 0 Å². The molecule has 1 saturated heterocycles. The molecule has 0 N–H and O–H groups in total. The van der Waals surface area contributed by atoms with E-state index in [1.54, 1.807) is 16.9 Å². The Balaban J connectivity index is 1.85. The fourth-order valence-electron chi connectivity index (χ4n) is 3.92. The second-order valence-corrected chi connectivity index (χ2v) is 8.45. The number of hydrogen-bond donors (Lipinski definition) is 0. The molecule has 0 saturated carbocycles. The molecule has 1 fully saturated rings. The van der Waals surface area contributed by atoms with Gasteiger partial charge in [-0.25, -0.2) is 0 Å². The molecule has 5 nitrogen and oxygen atoms in total. The largest absolute Gasteiger partial charge is 0.497 e. The van der Waals surface area contributed by atoms with Crippen molar-refractivity contribution in [3.63, 3.8) is 0 Å². The molecule has 1 spiro atoms. The number of thioether (sulfide) groups is 1. The van der Waals surface area contributed by atoms with Gasteiger partial charge in [0, 0.05) is 29.3 Å². The molecule has 0 bridgehead atoms. The van der Waals surface area contributed by atoms with Crippen LogP contribution in [0.1, 0.15) is 24.5 Å². The van der Waals surface area contributed by atoms with E-state index in [1.165, 1.54) is 11.8 Å². The molecule has 2 aliphatic rings. The first-order chi connectivity index (χ1) is 13.5. The first kappa shape index (κ1) is 19.2. The molecule has 28 heavy (non-hydrogen) atoms. The molecule has 2 heterocycles. The number of anilines is 1. The lowest BCUT2D eigenvalue weighted by Crippen LogP contribution is -2.50. The van der Waals surface area contributed by atoms with Gasteiger partial charge in [0.2, 0.25) is 5.91 Å². The summed E-state index contributed by atoms with van der Waals surface area (Å²) in [6.45, 7) is 2.74. The van der Waals surface area contributed by atoms with E-state index in [0.717, 1.165) is 16.8 Å². The van der Waals surface area contributed by atoms with Crippen molar-refractivity contribution in [3.05, 3.63) is 58.6 Å². The maximum absolute atomic E-state index is 13.8. The molecule has 2 aliphatic heterocycles. The van der Waals surface area contributed by atoms with E-state index in [1.807, 2.05) is 49.4 Å². The van der Waals surface area contributed by atoms with Crippen molar-refractivity contribution in [1.29, 1.82) is 0 Å². The van der Waals surface area contributed by atoms with Gasteiger partial charge in [0.15, 0.2) is 4.87 Å². The monoisotopic (exact) mass is 416 g/mol. The predicted octanol–water partition coefficient (Wildman–Crippen LogP) is 4.03. The number of fused-ring (bicyclic) bond motifs is 2. The van der Waals surface area contributed by atoms with E-state index in [9.17, 15) is 9.59 Å².